The van der Waals surface area contributed by atoms with Crippen molar-refractivity contribution in [2.75, 3.05) is 74.3 Å². The maximum Gasteiger partial charge on any atom is 0.193 e. The molecule has 1 saturated heterocycles. The Labute approximate surface area is 176 Å². The number of nitrogens with zero attached hydrogens (tertiary/aromatic N) is 3. The highest BCUT2D eigenvalue weighted by Crippen LogP contribution is 2.22. The fraction of sp³-hybridized carbons (Fsp3) is 0.682. The molecule has 0 bridgehead atoms. The molecule has 1 aliphatic heterocycles. The normalized spacial score (nSPS) is 18.3. The van der Waals surface area contributed by atoms with E-state index >= 15 is 0 Å². The van der Waals surface area contributed by atoms with E-state index in [1.165, 1.54) is 5.56 Å². The van der Waals surface area contributed by atoms with Crippen molar-refractivity contribution in [1.82, 2.24) is 15.1 Å². The van der Waals surface area contributed by atoms with Gasteiger partial charge in [-0.15, -0.1) is 0 Å². The zero-order valence-corrected chi connectivity index (χ0v) is 18.7. The molecule has 1 N–H and O–H groups in total. The van der Waals surface area contributed by atoms with E-state index in [2.05, 4.69) is 48.3 Å². The van der Waals surface area contributed by atoms with Gasteiger partial charge in [-0.3, -0.25) is 4.99 Å². The molecule has 0 saturated carbocycles. The van der Waals surface area contributed by atoms with Crippen LogP contribution in [0.1, 0.15) is 24.9 Å². The number of methoxy groups -OCH3 is 2. The van der Waals surface area contributed by atoms with Gasteiger partial charge in [-0.1, -0.05) is 12.1 Å². The number of likely N-dealkylation sites (N-methyl/N-ethyl adjacent to an activating group) is 1. The third-order valence-electron chi connectivity index (χ3n) is 5.24. The maximum atomic E-state index is 5.72. The van der Waals surface area contributed by atoms with Gasteiger partial charge < -0.3 is 29.3 Å². The fourth-order valence-electron chi connectivity index (χ4n) is 3.54. The zero-order valence-electron chi connectivity index (χ0n) is 18.7. The Morgan fingerprint density at radius 1 is 1.24 bits per heavy atom. The number of hydrogen-bond acceptors (Lipinski definition) is 5. The quantitative estimate of drug-likeness (QED) is 0.346. The predicted octanol–water partition coefficient (Wildman–Crippen LogP) is 2.25. The molecule has 2 unspecified atom stereocenters. The predicted molar refractivity (Wildman–Crippen MR) is 118 cm³/mol. The Morgan fingerprint density at radius 2 is 2.00 bits per heavy atom. The van der Waals surface area contributed by atoms with Crippen molar-refractivity contribution in [2.24, 2.45) is 10.9 Å². The van der Waals surface area contributed by atoms with Crippen molar-refractivity contribution in [3.05, 3.63) is 29.8 Å². The average molecular weight is 407 g/mol. The molecule has 1 aromatic carbocycles. The first-order valence-electron chi connectivity index (χ1n) is 10.5. The number of aliphatic imine (C=N–C) groups is 1. The van der Waals surface area contributed by atoms with Crippen LogP contribution >= 0.6 is 0 Å². The van der Waals surface area contributed by atoms with Gasteiger partial charge in [0, 0.05) is 32.7 Å². The summed E-state index contributed by atoms with van der Waals surface area (Å²) in [5.74, 6) is 2.41. The number of rotatable bonds is 11. The highest BCUT2D eigenvalue weighted by atomic mass is 16.5. The molecular formula is C22H38N4O3. The highest BCUT2D eigenvalue weighted by Gasteiger charge is 2.25. The van der Waals surface area contributed by atoms with Gasteiger partial charge in [0.1, 0.15) is 5.75 Å². The third kappa shape index (κ3) is 7.49. The summed E-state index contributed by atoms with van der Waals surface area (Å²) in [6.45, 7) is 7.76. The van der Waals surface area contributed by atoms with E-state index in [-0.39, 0.29) is 6.04 Å². The van der Waals surface area contributed by atoms with Crippen molar-refractivity contribution >= 4 is 5.96 Å². The molecule has 0 radical (unpaired) electrons. The number of ether oxygens (including phenoxy) is 3. The topological polar surface area (TPSA) is 58.6 Å². The molecule has 7 nitrogen and oxygen atoms in total. The molecule has 2 atom stereocenters. The summed E-state index contributed by atoms with van der Waals surface area (Å²) in [4.78, 5) is 9.55. The van der Waals surface area contributed by atoms with Crippen LogP contribution in [0.15, 0.2) is 29.3 Å². The van der Waals surface area contributed by atoms with E-state index in [0.717, 1.165) is 44.4 Å². The second-order valence-electron chi connectivity index (χ2n) is 7.62. The highest BCUT2D eigenvalue weighted by molar-refractivity contribution is 5.80. The van der Waals surface area contributed by atoms with Gasteiger partial charge in [-0.2, -0.15) is 0 Å². The van der Waals surface area contributed by atoms with E-state index in [4.69, 9.17) is 19.2 Å². The fourth-order valence-corrected chi connectivity index (χ4v) is 3.54. The minimum absolute atomic E-state index is 0.213. The molecule has 0 aromatic heterocycles. The number of guanidine groups is 1. The largest absolute Gasteiger partial charge is 0.497 e. The minimum atomic E-state index is 0.213. The van der Waals surface area contributed by atoms with Crippen LogP contribution in [-0.2, 0) is 9.47 Å². The van der Waals surface area contributed by atoms with Gasteiger partial charge >= 0.3 is 0 Å². The van der Waals surface area contributed by atoms with Crippen molar-refractivity contribution in [2.45, 2.75) is 19.4 Å². The van der Waals surface area contributed by atoms with Crippen molar-refractivity contribution < 1.29 is 14.2 Å². The van der Waals surface area contributed by atoms with E-state index in [1.54, 1.807) is 14.2 Å². The summed E-state index contributed by atoms with van der Waals surface area (Å²) in [5.41, 5.74) is 1.24. The average Bonchev–Trinajstić information content (AvgIpc) is 3.19. The molecule has 1 aliphatic rings. The van der Waals surface area contributed by atoms with Crippen LogP contribution in [-0.4, -0.2) is 90.1 Å². The van der Waals surface area contributed by atoms with Crippen molar-refractivity contribution in [1.29, 1.82) is 0 Å². The van der Waals surface area contributed by atoms with E-state index in [1.807, 2.05) is 12.1 Å². The molecule has 29 heavy (non-hydrogen) atoms. The third-order valence-corrected chi connectivity index (χ3v) is 5.24. The Kier molecular flexibility index (Phi) is 10.2. The van der Waals surface area contributed by atoms with Gasteiger partial charge in [0.15, 0.2) is 5.96 Å². The summed E-state index contributed by atoms with van der Waals surface area (Å²) >= 11 is 0. The molecule has 0 amide bonds. The molecule has 0 spiro atoms. The van der Waals surface area contributed by atoms with Gasteiger partial charge in [0.2, 0.25) is 0 Å². The summed E-state index contributed by atoms with van der Waals surface area (Å²) < 4.78 is 16.1. The molecule has 2 rings (SSSR count). The smallest absolute Gasteiger partial charge is 0.193 e. The summed E-state index contributed by atoms with van der Waals surface area (Å²) in [7, 11) is 7.59. The second-order valence-corrected chi connectivity index (χ2v) is 7.62. The van der Waals surface area contributed by atoms with E-state index in [9.17, 15) is 0 Å². The standard InChI is InChI=1S/C22H38N4O3/c1-6-23-22(26-12-11-18(16-26)17-29-14-13-27-4)24-15-21(25(2)3)19-7-9-20(28-5)10-8-19/h7-10,18,21H,6,11-17H2,1-5H3,(H,23,24). The lowest BCUT2D eigenvalue weighted by molar-refractivity contribution is 0.0536. The second kappa shape index (κ2) is 12.7. The van der Waals surface area contributed by atoms with Crippen molar-refractivity contribution in [3.63, 3.8) is 0 Å². The first-order chi connectivity index (χ1) is 14.1. The summed E-state index contributed by atoms with van der Waals surface area (Å²) in [6.07, 6.45) is 1.13. The molecule has 1 fully saturated rings. The van der Waals surface area contributed by atoms with Crippen LogP contribution in [0.4, 0.5) is 0 Å². The lowest BCUT2D eigenvalue weighted by Crippen LogP contribution is -2.41. The Hall–Kier alpha value is -1.83. The van der Waals surface area contributed by atoms with Crippen LogP contribution in [0, 0.1) is 5.92 Å². The van der Waals surface area contributed by atoms with Gasteiger partial charge in [0.25, 0.3) is 0 Å². The van der Waals surface area contributed by atoms with Crippen LogP contribution in [0.5, 0.6) is 5.75 Å². The Morgan fingerprint density at radius 3 is 2.62 bits per heavy atom. The molecule has 1 aromatic rings. The van der Waals surface area contributed by atoms with Gasteiger partial charge in [-0.05, 0) is 45.1 Å². The lowest BCUT2D eigenvalue weighted by Gasteiger charge is -2.26. The zero-order chi connectivity index (χ0) is 21.1. The van der Waals surface area contributed by atoms with Crippen LogP contribution in [0.2, 0.25) is 0 Å². The SMILES string of the molecule is CCNC(=NCC(c1ccc(OC)cc1)N(C)C)N1CCC(COCCOC)C1. The van der Waals surface area contributed by atoms with Gasteiger partial charge in [-0.25, -0.2) is 0 Å². The maximum absolute atomic E-state index is 5.72. The number of hydrogen-bond donors (Lipinski definition) is 1. The Balaban J connectivity index is 1.98. The minimum Gasteiger partial charge on any atom is -0.497 e. The van der Waals surface area contributed by atoms with Crippen molar-refractivity contribution in [3.8, 4) is 5.75 Å². The molecule has 164 valence electrons. The first-order valence-corrected chi connectivity index (χ1v) is 10.5. The van der Waals surface area contributed by atoms with Gasteiger partial charge in [0.05, 0.1) is 39.5 Å². The molecule has 1 heterocycles. The lowest BCUT2D eigenvalue weighted by atomic mass is 10.1. The summed E-state index contributed by atoms with van der Waals surface area (Å²) in [6, 6.07) is 8.47. The molecule has 0 aliphatic carbocycles. The summed E-state index contributed by atoms with van der Waals surface area (Å²) in [5, 5.41) is 3.46. The van der Waals surface area contributed by atoms with Crippen LogP contribution in [0.25, 0.3) is 0 Å². The number of benzene rings is 1. The van der Waals surface area contributed by atoms with Crippen LogP contribution in [0.3, 0.4) is 0 Å². The monoisotopic (exact) mass is 406 g/mol. The van der Waals surface area contributed by atoms with E-state index < -0.39 is 0 Å². The first kappa shape index (κ1) is 23.4. The number of likely N-dealkylation sites (tertiary alicyclic amines) is 1. The Bertz CT molecular complexity index is 607. The molecule has 7 heteroatoms. The number of nitrogens with one attached hydrogen (secondary N) is 1. The molecular weight excluding hydrogens is 368 g/mol. The van der Waals surface area contributed by atoms with Crippen LogP contribution < -0.4 is 10.1 Å². The van der Waals surface area contributed by atoms with E-state index in [0.29, 0.717) is 25.7 Å².